The molecule has 2 heterocycles. The molecule has 2 aromatic rings. The number of fused-ring (bicyclic) bond motifs is 1. The van der Waals surface area contributed by atoms with Crippen molar-refractivity contribution in [2.24, 2.45) is 5.92 Å². The van der Waals surface area contributed by atoms with Crippen LogP contribution in [-0.2, 0) is 6.54 Å². The molecule has 1 N–H and O–H groups in total. The molecule has 2 aromatic heterocycles. The molecule has 4 nitrogen and oxygen atoms in total. The zero-order valence-corrected chi connectivity index (χ0v) is 9.85. The second kappa shape index (κ2) is 4.35. The standard InChI is InChI=1S/C13H17N3O/c17-13-14-8-11-6-7-16(12(11)15-13)9-10-4-2-1-3-5-10/h6-8,10H,1-5,9H2,(H,14,15,17). The Morgan fingerprint density at radius 1 is 1.35 bits per heavy atom. The zero-order chi connectivity index (χ0) is 11.7. The van der Waals surface area contributed by atoms with Crippen LogP contribution in [-0.4, -0.2) is 14.5 Å². The summed E-state index contributed by atoms with van der Waals surface area (Å²) in [6, 6.07) is 2.01. The molecule has 1 aliphatic carbocycles. The quantitative estimate of drug-likeness (QED) is 0.862. The normalized spacial score (nSPS) is 17.6. The Hall–Kier alpha value is -1.58. The molecule has 0 atom stereocenters. The predicted molar refractivity (Wildman–Crippen MR) is 66.9 cm³/mol. The highest BCUT2D eigenvalue weighted by Crippen LogP contribution is 2.26. The van der Waals surface area contributed by atoms with Crippen molar-refractivity contribution in [2.75, 3.05) is 0 Å². The summed E-state index contributed by atoms with van der Waals surface area (Å²) >= 11 is 0. The Labute approximate surface area is 99.7 Å². The van der Waals surface area contributed by atoms with Gasteiger partial charge in [-0.2, -0.15) is 0 Å². The molecule has 0 aromatic carbocycles. The van der Waals surface area contributed by atoms with Gasteiger partial charge in [-0.1, -0.05) is 19.3 Å². The van der Waals surface area contributed by atoms with E-state index in [0.29, 0.717) is 0 Å². The lowest BCUT2D eigenvalue weighted by Gasteiger charge is -2.22. The van der Waals surface area contributed by atoms with Crippen molar-refractivity contribution in [3.8, 4) is 0 Å². The van der Waals surface area contributed by atoms with Crippen molar-refractivity contribution in [3.05, 3.63) is 28.9 Å². The number of nitrogens with one attached hydrogen (secondary N) is 1. The third kappa shape index (κ3) is 2.12. The molecule has 3 rings (SSSR count). The molecular weight excluding hydrogens is 214 g/mol. The van der Waals surface area contributed by atoms with Crippen LogP contribution in [0.4, 0.5) is 0 Å². The first-order chi connectivity index (χ1) is 8.33. The van der Waals surface area contributed by atoms with Crippen LogP contribution < -0.4 is 5.69 Å². The largest absolute Gasteiger partial charge is 0.346 e. The number of rotatable bonds is 2. The van der Waals surface area contributed by atoms with Crippen molar-refractivity contribution in [3.63, 3.8) is 0 Å². The third-order valence-corrected chi connectivity index (χ3v) is 3.72. The molecule has 1 saturated carbocycles. The van der Waals surface area contributed by atoms with Gasteiger partial charge in [-0.05, 0) is 24.8 Å². The summed E-state index contributed by atoms with van der Waals surface area (Å²) in [6.07, 6.45) is 10.4. The summed E-state index contributed by atoms with van der Waals surface area (Å²) in [4.78, 5) is 17.8. The number of H-pyrrole nitrogens is 1. The van der Waals surface area contributed by atoms with Crippen LogP contribution in [0.3, 0.4) is 0 Å². The smallest absolute Gasteiger partial charge is 0.334 e. The van der Waals surface area contributed by atoms with Gasteiger partial charge in [-0.25, -0.2) is 9.78 Å². The molecule has 0 saturated heterocycles. The minimum atomic E-state index is -0.263. The molecule has 1 fully saturated rings. The van der Waals surface area contributed by atoms with Crippen molar-refractivity contribution >= 4 is 11.0 Å². The second-order valence-electron chi connectivity index (χ2n) is 4.96. The van der Waals surface area contributed by atoms with Crippen molar-refractivity contribution in [2.45, 2.75) is 38.6 Å². The lowest BCUT2D eigenvalue weighted by molar-refractivity contribution is 0.322. The summed E-state index contributed by atoms with van der Waals surface area (Å²) in [6.45, 7) is 1.02. The van der Waals surface area contributed by atoms with Crippen LogP contribution in [0.1, 0.15) is 32.1 Å². The van der Waals surface area contributed by atoms with E-state index in [1.165, 1.54) is 32.1 Å². The number of aromatic nitrogens is 3. The third-order valence-electron chi connectivity index (χ3n) is 3.72. The maximum absolute atomic E-state index is 11.2. The minimum absolute atomic E-state index is 0.263. The first kappa shape index (κ1) is 10.6. The van der Waals surface area contributed by atoms with Gasteiger partial charge in [0.05, 0.1) is 0 Å². The van der Waals surface area contributed by atoms with E-state index >= 15 is 0 Å². The summed E-state index contributed by atoms with van der Waals surface area (Å²) in [5.74, 6) is 0.760. The molecule has 17 heavy (non-hydrogen) atoms. The predicted octanol–water partition coefficient (Wildman–Crippen LogP) is 2.30. The summed E-state index contributed by atoms with van der Waals surface area (Å²) in [7, 11) is 0. The Kier molecular flexibility index (Phi) is 2.71. The second-order valence-corrected chi connectivity index (χ2v) is 4.96. The van der Waals surface area contributed by atoms with Crippen LogP contribution in [0, 0.1) is 5.92 Å². The fourth-order valence-electron chi connectivity index (χ4n) is 2.80. The van der Waals surface area contributed by atoms with Crippen LogP contribution in [0.25, 0.3) is 11.0 Å². The van der Waals surface area contributed by atoms with Gasteiger partial charge >= 0.3 is 5.69 Å². The zero-order valence-electron chi connectivity index (χ0n) is 9.85. The fraction of sp³-hybridized carbons (Fsp3) is 0.538. The Morgan fingerprint density at radius 3 is 3.00 bits per heavy atom. The lowest BCUT2D eigenvalue weighted by Crippen LogP contribution is -2.16. The van der Waals surface area contributed by atoms with Crippen molar-refractivity contribution in [1.29, 1.82) is 0 Å². The van der Waals surface area contributed by atoms with E-state index in [0.717, 1.165) is 23.5 Å². The van der Waals surface area contributed by atoms with Gasteiger partial charge in [0.2, 0.25) is 0 Å². The Balaban J connectivity index is 1.89. The van der Waals surface area contributed by atoms with E-state index in [4.69, 9.17) is 0 Å². The van der Waals surface area contributed by atoms with E-state index in [-0.39, 0.29) is 5.69 Å². The maximum Gasteiger partial charge on any atom is 0.346 e. The van der Waals surface area contributed by atoms with E-state index < -0.39 is 0 Å². The number of hydrogen-bond acceptors (Lipinski definition) is 2. The highest BCUT2D eigenvalue weighted by Gasteiger charge is 2.14. The SMILES string of the molecule is O=c1ncc2ccn(CC3CCCCC3)c2[nH]1. The number of hydrogen-bond donors (Lipinski definition) is 1. The minimum Gasteiger partial charge on any atom is -0.334 e. The molecule has 0 spiro atoms. The van der Waals surface area contributed by atoms with Crippen molar-refractivity contribution < 1.29 is 0 Å². The van der Waals surface area contributed by atoms with E-state index in [2.05, 4.69) is 20.7 Å². The van der Waals surface area contributed by atoms with Gasteiger partial charge in [0.25, 0.3) is 0 Å². The monoisotopic (exact) mass is 231 g/mol. The van der Waals surface area contributed by atoms with Crippen LogP contribution in [0.15, 0.2) is 23.3 Å². The van der Waals surface area contributed by atoms with E-state index in [1.807, 2.05) is 6.07 Å². The van der Waals surface area contributed by atoms with Crippen LogP contribution in [0.5, 0.6) is 0 Å². The topological polar surface area (TPSA) is 50.7 Å². The van der Waals surface area contributed by atoms with Crippen LogP contribution in [0.2, 0.25) is 0 Å². The summed E-state index contributed by atoms with van der Waals surface area (Å²) < 4.78 is 2.16. The van der Waals surface area contributed by atoms with Gasteiger partial charge in [-0.3, -0.25) is 4.98 Å². The van der Waals surface area contributed by atoms with Gasteiger partial charge < -0.3 is 4.57 Å². The molecule has 0 radical (unpaired) electrons. The average Bonchev–Trinajstić information content (AvgIpc) is 2.73. The highest BCUT2D eigenvalue weighted by molar-refractivity contribution is 5.74. The molecule has 90 valence electrons. The van der Waals surface area contributed by atoms with Gasteiger partial charge in [0.15, 0.2) is 0 Å². The van der Waals surface area contributed by atoms with Gasteiger partial charge in [0.1, 0.15) is 5.65 Å². The summed E-state index contributed by atoms with van der Waals surface area (Å²) in [5, 5.41) is 1.01. The number of nitrogens with zero attached hydrogens (tertiary/aromatic N) is 2. The van der Waals surface area contributed by atoms with Gasteiger partial charge in [-0.15, -0.1) is 0 Å². The lowest BCUT2D eigenvalue weighted by atomic mass is 9.89. The Bertz CT molecular complexity index is 563. The van der Waals surface area contributed by atoms with Crippen molar-refractivity contribution in [1.82, 2.24) is 14.5 Å². The number of aromatic amines is 1. The van der Waals surface area contributed by atoms with Gasteiger partial charge in [0, 0.05) is 24.3 Å². The molecule has 0 unspecified atom stereocenters. The molecule has 4 heteroatoms. The first-order valence-corrected chi connectivity index (χ1v) is 6.37. The first-order valence-electron chi connectivity index (χ1n) is 6.37. The summed E-state index contributed by atoms with van der Waals surface area (Å²) in [5.41, 5.74) is 0.650. The van der Waals surface area contributed by atoms with E-state index in [1.54, 1.807) is 6.20 Å². The molecule has 0 aliphatic heterocycles. The van der Waals surface area contributed by atoms with Crippen LogP contribution >= 0.6 is 0 Å². The van der Waals surface area contributed by atoms with E-state index in [9.17, 15) is 4.79 Å². The Morgan fingerprint density at radius 2 is 2.18 bits per heavy atom. The molecular formula is C13H17N3O. The highest BCUT2D eigenvalue weighted by atomic mass is 16.1. The molecule has 0 amide bonds. The fourth-order valence-corrected chi connectivity index (χ4v) is 2.80. The molecule has 0 bridgehead atoms. The average molecular weight is 231 g/mol. The molecule has 1 aliphatic rings. The maximum atomic E-state index is 11.2.